The van der Waals surface area contributed by atoms with Gasteiger partial charge in [-0.2, -0.15) is 0 Å². The Hall–Kier alpha value is -1.59. The predicted molar refractivity (Wildman–Crippen MR) is 111 cm³/mol. The zero-order valence-corrected chi connectivity index (χ0v) is 17.8. The first-order chi connectivity index (χ1) is 13.0. The van der Waals surface area contributed by atoms with Gasteiger partial charge in [0.25, 0.3) is 0 Å². The maximum atomic E-state index is 8.51. The summed E-state index contributed by atoms with van der Waals surface area (Å²) in [4.78, 5) is 0. The minimum atomic E-state index is 0.200. The molecule has 1 aromatic carbocycles. The maximum absolute atomic E-state index is 8.51. The van der Waals surface area contributed by atoms with Crippen LogP contribution in [0.3, 0.4) is 0 Å². The summed E-state index contributed by atoms with van der Waals surface area (Å²) in [5.41, 5.74) is 2.26. The van der Waals surface area contributed by atoms with Crippen molar-refractivity contribution in [3.8, 4) is 11.5 Å². The molecule has 0 heterocycles. The molecule has 152 valence electrons. The van der Waals surface area contributed by atoms with E-state index in [9.17, 15) is 0 Å². The summed E-state index contributed by atoms with van der Waals surface area (Å²) in [6.07, 6.45) is 6.14. The Morgan fingerprint density at radius 3 is 2.22 bits per heavy atom. The van der Waals surface area contributed by atoms with E-state index in [1.807, 2.05) is 12.1 Å². The highest BCUT2D eigenvalue weighted by molar-refractivity contribution is 6.55. The van der Waals surface area contributed by atoms with Crippen LogP contribution in [0.15, 0.2) is 27.9 Å². The van der Waals surface area contributed by atoms with Crippen LogP contribution in [0.2, 0.25) is 0 Å². The minimum Gasteiger partial charge on any atom is -0.493 e. The zero-order valence-electron chi connectivity index (χ0n) is 16.3. The molecule has 0 bridgehead atoms. The van der Waals surface area contributed by atoms with Crippen LogP contribution in [0.1, 0.15) is 51.2 Å². The van der Waals surface area contributed by atoms with E-state index in [4.69, 9.17) is 42.6 Å². The van der Waals surface area contributed by atoms with Crippen LogP contribution in [0.4, 0.5) is 0 Å². The number of oxime groups is 1. The normalized spacial score (nSPS) is 11.2. The first kappa shape index (κ1) is 23.4. The number of unbranched alkanes of at least 4 members (excludes halogenated alkanes) is 2. The lowest BCUT2D eigenvalue weighted by Gasteiger charge is -2.17. The van der Waals surface area contributed by atoms with Crippen molar-refractivity contribution < 1.29 is 19.4 Å². The van der Waals surface area contributed by atoms with Crippen molar-refractivity contribution in [2.75, 3.05) is 19.8 Å². The van der Waals surface area contributed by atoms with Crippen LogP contribution < -0.4 is 9.47 Å². The Morgan fingerprint density at radius 2 is 1.67 bits per heavy atom. The lowest BCUT2D eigenvalue weighted by Crippen LogP contribution is -2.06. The molecule has 0 saturated heterocycles. The highest BCUT2D eigenvalue weighted by Crippen LogP contribution is 2.31. The molecule has 0 aliphatic carbocycles. The molecular weight excluding hydrogens is 389 g/mol. The second kappa shape index (κ2) is 13.6. The van der Waals surface area contributed by atoms with Crippen molar-refractivity contribution in [1.82, 2.24) is 0 Å². The third kappa shape index (κ3) is 9.25. The van der Waals surface area contributed by atoms with Crippen molar-refractivity contribution >= 4 is 29.1 Å². The molecule has 0 radical (unpaired) electrons. The van der Waals surface area contributed by atoms with Crippen LogP contribution in [0.25, 0.3) is 0 Å². The SMILES string of the molecule is CCc1cc(OCC=C(Cl)Cl)cc(CC)c1OCCCCCOC(C)=NO. The Morgan fingerprint density at radius 1 is 1.04 bits per heavy atom. The van der Waals surface area contributed by atoms with E-state index < -0.39 is 0 Å². The fraction of sp³-hybridized carbons (Fsp3) is 0.550. The van der Waals surface area contributed by atoms with Gasteiger partial charge in [0.05, 0.1) is 13.2 Å². The van der Waals surface area contributed by atoms with E-state index in [0.717, 1.165) is 54.7 Å². The summed E-state index contributed by atoms with van der Waals surface area (Å²) in [7, 11) is 0. The maximum Gasteiger partial charge on any atom is 0.222 e. The number of hydrogen-bond acceptors (Lipinski definition) is 5. The van der Waals surface area contributed by atoms with E-state index in [1.165, 1.54) is 0 Å². The molecule has 0 aliphatic rings. The third-order valence-electron chi connectivity index (χ3n) is 3.95. The molecule has 1 aromatic rings. The van der Waals surface area contributed by atoms with Gasteiger partial charge in [-0.25, -0.2) is 0 Å². The molecule has 0 spiro atoms. The van der Waals surface area contributed by atoms with Crippen molar-refractivity contribution in [3.63, 3.8) is 0 Å². The summed E-state index contributed by atoms with van der Waals surface area (Å²) in [6.45, 7) is 7.35. The predicted octanol–water partition coefficient (Wildman–Crippen LogP) is 5.88. The van der Waals surface area contributed by atoms with Crippen LogP contribution >= 0.6 is 23.2 Å². The Kier molecular flexibility index (Phi) is 11.8. The highest BCUT2D eigenvalue weighted by Gasteiger charge is 2.11. The summed E-state index contributed by atoms with van der Waals surface area (Å²) in [5.74, 6) is 2.04. The van der Waals surface area contributed by atoms with E-state index in [1.54, 1.807) is 13.0 Å². The number of nitrogens with zero attached hydrogens (tertiary/aromatic N) is 1. The fourth-order valence-electron chi connectivity index (χ4n) is 2.52. The van der Waals surface area contributed by atoms with Crippen LogP contribution in [0, 0.1) is 0 Å². The average molecular weight is 418 g/mol. The molecule has 7 heteroatoms. The van der Waals surface area contributed by atoms with Gasteiger partial charge in [-0.1, -0.05) is 42.2 Å². The van der Waals surface area contributed by atoms with E-state index >= 15 is 0 Å². The molecule has 1 N–H and O–H groups in total. The van der Waals surface area contributed by atoms with Gasteiger partial charge in [0.15, 0.2) is 0 Å². The van der Waals surface area contributed by atoms with Crippen molar-refractivity contribution in [3.05, 3.63) is 33.8 Å². The van der Waals surface area contributed by atoms with Crippen LogP contribution in [-0.2, 0) is 17.6 Å². The zero-order chi connectivity index (χ0) is 20.1. The standard InChI is InChI=1S/C20H29Cl2NO4/c1-4-16-13-18(26-12-9-19(21)22)14-17(5-2)20(16)27-11-8-6-7-10-25-15(3)23-24/h9,13-14,24H,4-8,10-12H2,1-3H3. The van der Waals surface area contributed by atoms with Gasteiger partial charge >= 0.3 is 0 Å². The van der Waals surface area contributed by atoms with Gasteiger partial charge < -0.3 is 19.4 Å². The summed E-state index contributed by atoms with van der Waals surface area (Å²) >= 11 is 11.2. The van der Waals surface area contributed by atoms with E-state index in [2.05, 4.69) is 19.0 Å². The van der Waals surface area contributed by atoms with E-state index in [0.29, 0.717) is 19.8 Å². The third-order valence-corrected chi connectivity index (χ3v) is 4.26. The number of ether oxygens (including phenoxy) is 3. The molecule has 0 aromatic heterocycles. The van der Waals surface area contributed by atoms with Gasteiger partial charge in [0, 0.05) is 6.92 Å². The molecule has 5 nitrogen and oxygen atoms in total. The number of hydrogen-bond donors (Lipinski definition) is 1. The van der Waals surface area contributed by atoms with Gasteiger partial charge in [-0.3, -0.25) is 0 Å². The molecule has 1 rings (SSSR count). The van der Waals surface area contributed by atoms with Crippen LogP contribution in [-0.4, -0.2) is 30.9 Å². The van der Waals surface area contributed by atoms with Crippen molar-refractivity contribution in [1.29, 1.82) is 0 Å². The topological polar surface area (TPSA) is 60.3 Å². The van der Waals surface area contributed by atoms with E-state index in [-0.39, 0.29) is 10.4 Å². The quantitative estimate of drug-likeness (QED) is 0.151. The molecule has 0 saturated carbocycles. The Bertz CT molecular complexity index is 603. The monoisotopic (exact) mass is 417 g/mol. The summed E-state index contributed by atoms with van der Waals surface area (Å²) < 4.78 is 17.2. The fourth-order valence-corrected chi connectivity index (χ4v) is 2.65. The summed E-state index contributed by atoms with van der Waals surface area (Å²) in [5, 5.41) is 11.5. The molecular formula is C20H29Cl2NO4. The second-order valence-electron chi connectivity index (χ2n) is 5.96. The van der Waals surface area contributed by atoms with Crippen molar-refractivity contribution in [2.45, 2.75) is 52.9 Å². The van der Waals surface area contributed by atoms with Crippen molar-refractivity contribution in [2.24, 2.45) is 5.16 Å². The van der Waals surface area contributed by atoms with Crippen LogP contribution in [0.5, 0.6) is 11.5 Å². The first-order valence-electron chi connectivity index (χ1n) is 9.25. The Labute approximate surface area is 171 Å². The Balaban J connectivity index is 2.57. The first-order valence-corrected chi connectivity index (χ1v) is 10.0. The number of benzene rings is 1. The molecule has 27 heavy (non-hydrogen) atoms. The summed E-state index contributed by atoms with van der Waals surface area (Å²) in [6, 6.07) is 4.02. The smallest absolute Gasteiger partial charge is 0.222 e. The molecule has 0 atom stereocenters. The average Bonchev–Trinajstić information content (AvgIpc) is 2.66. The molecule has 0 amide bonds. The number of aryl methyl sites for hydroxylation is 2. The van der Waals surface area contributed by atoms with Gasteiger partial charge in [0.1, 0.15) is 22.6 Å². The number of rotatable bonds is 12. The lowest BCUT2D eigenvalue weighted by atomic mass is 10.0. The minimum absolute atomic E-state index is 0.200. The highest BCUT2D eigenvalue weighted by atomic mass is 35.5. The van der Waals surface area contributed by atoms with Gasteiger partial charge in [-0.15, -0.1) is 0 Å². The number of halogens is 2. The molecule has 0 fully saturated rings. The lowest BCUT2D eigenvalue weighted by molar-refractivity contribution is 0.242. The molecule has 0 unspecified atom stereocenters. The van der Waals surface area contributed by atoms with Gasteiger partial charge in [0.2, 0.25) is 5.90 Å². The largest absolute Gasteiger partial charge is 0.493 e. The second-order valence-corrected chi connectivity index (χ2v) is 6.97. The van der Waals surface area contributed by atoms with Gasteiger partial charge in [-0.05, 0) is 61.4 Å². The molecule has 0 aliphatic heterocycles.